The maximum Gasteiger partial charge on any atom is 0.137 e. The molecule has 1 aliphatic rings. The lowest BCUT2D eigenvalue weighted by Gasteiger charge is -2.26. The molecule has 0 aliphatic carbocycles. The Hall–Kier alpha value is -2.59. The first-order chi connectivity index (χ1) is 16.3. The number of aromatic nitrogens is 4. The molecule has 0 saturated carbocycles. The number of nitrogens with zero attached hydrogens (tertiary/aromatic N) is 4. The van der Waals surface area contributed by atoms with Crippen LogP contribution >= 0.6 is 28.3 Å². The fourth-order valence-corrected chi connectivity index (χ4v) is 5.45. The van der Waals surface area contributed by atoms with Gasteiger partial charge in [0.1, 0.15) is 16.5 Å². The van der Waals surface area contributed by atoms with Crippen LogP contribution in [0.4, 0.5) is 4.39 Å². The summed E-state index contributed by atoms with van der Waals surface area (Å²) in [5.41, 5.74) is 4.80. The summed E-state index contributed by atoms with van der Waals surface area (Å²) >= 11 is 1.59. The van der Waals surface area contributed by atoms with Gasteiger partial charge in [0.05, 0.1) is 18.9 Å². The lowest BCUT2D eigenvalue weighted by molar-refractivity contribution is 0.0370. The Labute approximate surface area is 211 Å². The summed E-state index contributed by atoms with van der Waals surface area (Å²) in [6.45, 7) is 5.53. The maximum absolute atomic E-state index is 14.2. The summed E-state index contributed by atoms with van der Waals surface area (Å²) < 4.78 is 21.9. The molecule has 0 amide bonds. The molecule has 9 heteroatoms. The average Bonchev–Trinajstić information content (AvgIpc) is 3.56. The van der Waals surface area contributed by atoms with E-state index in [9.17, 15) is 4.39 Å². The van der Waals surface area contributed by atoms with Gasteiger partial charge in [-0.1, -0.05) is 0 Å². The normalized spacial score (nSPS) is 14.6. The number of hydrogen-bond acceptors (Lipinski definition) is 5. The molecule has 0 unspecified atom stereocenters. The lowest BCUT2D eigenvalue weighted by Crippen LogP contribution is -2.37. The molecule has 176 valence electrons. The van der Waals surface area contributed by atoms with Crippen LogP contribution in [0.5, 0.6) is 0 Å². The number of H-pyrrole nitrogens is 1. The molecule has 1 N–H and O–H groups in total. The number of pyridine rings is 1. The molecular weight excluding hydrogens is 517 g/mol. The van der Waals surface area contributed by atoms with Gasteiger partial charge < -0.3 is 14.3 Å². The minimum absolute atomic E-state index is 0. The van der Waals surface area contributed by atoms with Crippen LogP contribution < -0.4 is 0 Å². The van der Waals surface area contributed by atoms with E-state index in [2.05, 4.69) is 31.0 Å². The van der Waals surface area contributed by atoms with Crippen molar-refractivity contribution >= 4 is 50.3 Å². The van der Waals surface area contributed by atoms with Crippen molar-refractivity contribution in [3.63, 3.8) is 0 Å². The molecule has 1 aliphatic heterocycles. The maximum atomic E-state index is 14.2. The van der Waals surface area contributed by atoms with Crippen LogP contribution in [0.15, 0.2) is 54.3 Å². The summed E-state index contributed by atoms with van der Waals surface area (Å²) in [5, 5.41) is 4.91. The Kier molecular flexibility index (Phi) is 6.78. The van der Waals surface area contributed by atoms with Crippen molar-refractivity contribution in [2.75, 3.05) is 32.8 Å². The first-order valence-corrected chi connectivity index (χ1v) is 12.1. The molecule has 6 rings (SSSR count). The van der Waals surface area contributed by atoms with E-state index in [1.807, 2.05) is 24.4 Å². The Morgan fingerprint density at radius 2 is 1.97 bits per heavy atom. The van der Waals surface area contributed by atoms with Crippen LogP contribution in [0.2, 0.25) is 0 Å². The minimum atomic E-state index is -0.228. The van der Waals surface area contributed by atoms with Crippen molar-refractivity contribution in [2.45, 2.75) is 13.0 Å². The predicted octanol–water partition coefficient (Wildman–Crippen LogP) is 5.75. The van der Waals surface area contributed by atoms with E-state index in [0.717, 1.165) is 89.6 Å². The predicted molar refractivity (Wildman–Crippen MR) is 140 cm³/mol. The number of aryl methyl sites for hydroxylation is 1. The SMILES string of the molecule is Br.Fc1ccc2c(c1)c(-c1nc(-c3c[nH]c4ncccc34)cs1)cn2CCCN1CCOCC1. The van der Waals surface area contributed by atoms with E-state index < -0.39 is 0 Å². The largest absolute Gasteiger partial charge is 0.379 e. The molecule has 1 fully saturated rings. The molecular formula is C25H25BrFN5OS. The van der Waals surface area contributed by atoms with Crippen LogP contribution in [-0.4, -0.2) is 57.3 Å². The highest BCUT2D eigenvalue weighted by molar-refractivity contribution is 8.93. The van der Waals surface area contributed by atoms with Gasteiger partial charge in [-0.05, 0) is 36.8 Å². The van der Waals surface area contributed by atoms with Crippen molar-refractivity contribution < 1.29 is 9.13 Å². The van der Waals surface area contributed by atoms with Gasteiger partial charge in [0.25, 0.3) is 0 Å². The van der Waals surface area contributed by atoms with Gasteiger partial charge in [-0.25, -0.2) is 14.4 Å². The van der Waals surface area contributed by atoms with Crippen molar-refractivity contribution in [1.29, 1.82) is 0 Å². The second-order valence-corrected chi connectivity index (χ2v) is 9.20. The van der Waals surface area contributed by atoms with E-state index >= 15 is 0 Å². The van der Waals surface area contributed by atoms with Crippen molar-refractivity contribution in [2.24, 2.45) is 0 Å². The Balaban J connectivity index is 0.00000241. The third-order valence-corrected chi connectivity index (χ3v) is 7.16. The van der Waals surface area contributed by atoms with Crippen LogP contribution in [0.3, 0.4) is 0 Å². The smallest absolute Gasteiger partial charge is 0.137 e. The van der Waals surface area contributed by atoms with Gasteiger partial charge in [0, 0.05) is 77.6 Å². The van der Waals surface area contributed by atoms with E-state index in [1.165, 1.54) is 6.07 Å². The van der Waals surface area contributed by atoms with E-state index in [-0.39, 0.29) is 22.8 Å². The summed E-state index contributed by atoms with van der Waals surface area (Å²) in [7, 11) is 0. The van der Waals surface area contributed by atoms with Gasteiger partial charge in [-0.2, -0.15) is 0 Å². The standard InChI is InChI=1S/C25H24FN5OS.BrH/c26-17-4-5-23-19(13-17)21(15-31(23)8-2-7-30-9-11-32-12-10-30)25-29-22(16-33-25)20-14-28-24-18(20)3-1-6-27-24;/h1,3-6,13-16H,2,7-12H2,(H,27,28);1H. The van der Waals surface area contributed by atoms with Crippen molar-refractivity contribution in [3.05, 3.63) is 60.1 Å². The molecule has 0 bridgehead atoms. The molecule has 4 aromatic heterocycles. The van der Waals surface area contributed by atoms with Crippen molar-refractivity contribution in [1.82, 2.24) is 24.4 Å². The summed E-state index contributed by atoms with van der Waals surface area (Å²) in [6, 6.07) is 9.02. The number of halogens is 2. The molecule has 6 nitrogen and oxygen atoms in total. The van der Waals surface area contributed by atoms with Gasteiger partial charge in [-0.15, -0.1) is 28.3 Å². The Morgan fingerprint density at radius 3 is 2.85 bits per heavy atom. The van der Waals surface area contributed by atoms with Gasteiger partial charge in [0.15, 0.2) is 0 Å². The molecule has 34 heavy (non-hydrogen) atoms. The quantitative estimate of drug-likeness (QED) is 0.297. The molecule has 5 aromatic rings. The monoisotopic (exact) mass is 541 g/mol. The molecule has 0 atom stereocenters. The zero-order valence-electron chi connectivity index (χ0n) is 18.5. The number of nitrogens with one attached hydrogen (secondary N) is 1. The van der Waals surface area contributed by atoms with Crippen LogP contribution in [-0.2, 0) is 11.3 Å². The lowest BCUT2D eigenvalue weighted by atomic mass is 10.1. The first kappa shape index (κ1) is 23.2. The number of thiazole rings is 1. The number of fused-ring (bicyclic) bond motifs is 2. The Morgan fingerprint density at radius 1 is 1.09 bits per heavy atom. The van der Waals surface area contributed by atoms with Crippen LogP contribution in [0, 0.1) is 5.82 Å². The topological polar surface area (TPSA) is 59.0 Å². The van der Waals surface area contributed by atoms with Gasteiger partial charge in [-0.3, -0.25) is 4.90 Å². The van der Waals surface area contributed by atoms with Crippen LogP contribution in [0.1, 0.15) is 6.42 Å². The zero-order chi connectivity index (χ0) is 22.2. The number of aromatic amines is 1. The average molecular weight is 542 g/mol. The highest BCUT2D eigenvalue weighted by Crippen LogP contribution is 2.36. The molecule has 0 spiro atoms. The third-order valence-electron chi connectivity index (χ3n) is 6.28. The minimum Gasteiger partial charge on any atom is -0.379 e. The van der Waals surface area contributed by atoms with E-state index in [4.69, 9.17) is 9.72 Å². The number of ether oxygens (including phenoxy) is 1. The van der Waals surface area contributed by atoms with Crippen molar-refractivity contribution in [3.8, 4) is 21.8 Å². The number of rotatable bonds is 6. The number of hydrogen-bond donors (Lipinski definition) is 1. The van der Waals surface area contributed by atoms with Crippen LogP contribution in [0.25, 0.3) is 43.8 Å². The molecule has 5 heterocycles. The zero-order valence-corrected chi connectivity index (χ0v) is 21.1. The van der Waals surface area contributed by atoms with Gasteiger partial charge >= 0.3 is 0 Å². The van der Waals surface area contributed by atoms with E-state index in [0.29, 0.717) is 0 Å². The molecule has 0 radical (unpaired) electrons. The second-order valence-electron chi connectivity index (χ2n) is 8.35. The highest BCUT2D eigenvalue weighted by atomic mass is 79.9. The third kappa shape index (κ3) is 4.40. The summed E-state index contributed by atoms with van der Waals surface area (Å²) in [4.78, 5) is 15.0. The fraction of sp³-hybridized carbons (Fsp3) is 0.280. The van der Waals surface area contributed by atoms with E-state index in [1.54, 1.807) is 23.6 Å². The van der Waals surface area contributed by atoms with Gasteiger partial charge in [0.2, 0.25) is 0 Å². The highest BCUT2D eigenvalue weighted by Gasteiger charge is 2.17. The summed E-state index contributed by atoms with van der Waals surface area (Å²) in [6.07, 6.45) is 6.89. The second kappa shape index (κ2) is 9.95. The first-order valence-electron chi connectivity index (χ1n) is 11.2. The number of morpholine rings is 1. The molecule has 1 saturated heterocycles. The Bertz CT molecular complexity index is 1420. The summed E-state index contributed by atoms with van der Waals surface area (Å²) in [5.74, 6) is -0.228. The molecule has 1 aromatic carbocycles. The fourth-order valence-electron chi connectivity index (χ4n) is 4.60. The number of benzene rings is 1.